The van der Waals surface area contributed by atoms with E-state index in [2.05, 4.69) is 4.90 Å². The molecule has 0 spiro atoms. The minimum Gasteiger partial charge on any atom is -0.384 e. The fraction of sp³-hybridized carbons (Fsp3) is 1.00. The van der Waals surface area contributed by atoms with Crippen LogP contribution in [0.5, 0.6) is 0 Å². The number of piperidine rings is 1. The number of hydrogen-bond acceptors (Lipinski definition) is 3. The van der Waals surface area contributed by atoms with Gasteiger partial charge in [-0.2, -0.15) is 0 Å². The number of ether oxygens (including phenoxy) is 1. The van der Waals surface area contributed by atoms with Crippen molar-refractivity contribution in [2.24, 2.45) is 17.6 Å². The van der Waals surface area contributed by atoms with Crippen LogP contribution in [0.4, 0.5) is 0 Å². The average Bonchev–Trinajstić information content (AvgIpc) is 2.40. The Kier molecular flexibility index (Phi) is 5.26. The van der Waals surface area contributed by atoms with Crippen molar-refractivity contribution in [2.45, 2.75) is 44.6 Å². The van der Waals surface area contributed by atoms with E-state index in [-0.39, 0.29) is 0 Å². The van der Waals surface area contributed by atoms with Crippen LogP contribution in [0.25, 0.3) is 0 Å². The molecule has 17 heavy (non-hydrogen) atoms. The second-order valence-electron chi connectivity index (χ2n) is 5.78. The molecular formula is C14H28N2O. The van der Waals surface area contributed by atoms with Gasteiger partial charge in [0.05, 0.1) is 0 Å². The lowest BCUT2D eigenvalue weighted by Crippen LogP contribution is -2.48. The predicted octanol–water partition coefficient (Wildman–Crippen LogP) is 1.86. The van der Waals surface area contributed by atoms with Gasteiger partial charge >= 0.3 is 0 Å². The fourth-order valence-corrected chi connectivity index (χ4v) is 3.63. The van der Waals surface area contributed by atoms with Crippen molar-refractivity contribution in [3.63, 3.8) is 0 Å². The summed E-state index contributed by atoms with van der Waals surface area (Å²) in [5, 5.41) is 0. The van der Waals surface area contributed by atoms with Gasteiger partial charge in [-0.3, -0.25) is 0 Å². The Labute approximate surface area is 106 Å². The second kappa shape index (κ2) is 6.72. The molecule has 1 saturated heterocycles. The highest BCUT2D eigenvalue weighted by Crippen LogP contribution is 2.30. The van der Waals surface area contributed by atoms with Gasteiger partial charge in [0.1, 0.15) is 0 Å². The molecule has 2 N–H and O–H groups in total. The molecule has 0 aromatic rings. The van der Waals surface area contributed by atoms with Crippen molar-refractivity contribution in [3.05, 3.63) is 0 Å². The van der Waals surface area contributed by atoms with E-state index in [1.54, 1.807) is 0 Å². The van der Waals surface area contributed by atoms with Crippen LogP contribution >= 0.6 is 0 Å². The Morgan fingerprint density at radius 1 is 1.12 bits per heavy atom. The maximum atomic E-state index is 5.93. The first-order valence-corrected chi connectivity index (χ1v) is 7.28. The Balaban J connectivity index is 1.82. The van der Waals surface area contributed by atoms with Crippen LogP contribution in [-0.4, -0.2) is 44.3 Å². The molecular weight excluding hydrogens is 212 g/mol. The summed E-state index contributed by atoms with van der Waals surface area (Å²) >= 11 is 0. The standard InChI is InChI=1S/C14H28N2O/c1-17-11-12-6-8-16(9-7-12)14-5-3-2-4-13(14)10-15/h12-14H,2-11,15H2,1H3. The number of nitrogens with zero attached hydrogens (tertiary/aromatic N) is 1. The summed E-state index contributed by atoms with van der Waals surface area (Å²) in [7, 11) is 1.82. The van der Waals surface area contributed by atoms with Crippen molar-refractivity contribution < 1.29 is 4.74 Å². The Morgan fingerprint density at radius 3 is 2.47 bits per heavy atom. The minimum atomic E-state index is 0.753. The lowest BCUT2D eigenvalue weighted by molar-refractivity contribution is 0.0475. The molecule has 0 aromatic carbocycles. The van der Waals surface area contributed by atoms with E-state index in [0.717, 1.165) is 31.0 Å². The molecule has 0 radical (unpaired) electrons. The van der Waals surface area contributed by atoms with Crippen LogP contribution in [0, 0.1) is 11.8 Å². The monoisotopic (exact) mass is 240 g/mol. The zero-order valence-electron chi connectivity index (χ0n) is 11.2. The van der Waals surface area contributed by atoms with E-state index < -0.39 is 0 Å². The molecule has 2 unspecified atom stereocenters. The van der Waals surface area contributed by atoms with Crippen molar-refractivity contribution in [2.75, 3.05) is 33.4 Å². The molecule has 3 heteroatoms. The van der Waals surface area contributed by atoms with Gasteiger partial charge in [0.25, 0.3) is 0 Å². The topological polar surface area (TPSA) is 38.5 Å². The van der Waals surface area contributed by atoms with Gasteiger partial charge in [-0.1, -0.05) is 12.8 Å². The normalized spacial score (nSPS) is 32.8. The van der Waals surface area contributed by atoms with E-state index in [4.69, 9.17) is 10.5 Å². The summed E-state index contributed by atoms with van der Waals surface area (Å²) in [5.74, 6) is 1.54. The highest BCUT2D eigenvalue weighted by atomic mass is 16.5. The molecule has 0 amide bonds. The quantitative estimate of drug-likeness (QED) is 0.815. The van der Waals surface area contributed by atoms with Crippen LogP contribution in [0.3, 0.4) is 0 Å². The smallest absolute Gasteiger partial charge is 0.0491 e. The predicted molar refractivity (Wildman–Crippen MR) is 71.0 cm³/mol. The SMILES string of the molecule is COCC1CCN(C2CCCCC2CN)CC1. The molecule has 3 nitrogen and oxygen atoms in total. The molecule has 0 aromatic heterocycles. The first-order chi connectivity index (χ1) is 8.35. The minimum absolute atomic E-state index is 0.753. The Morgan fingerprint density at radius 2 is 1.82 bits per heavy atom. The maximum absolute atomic E-state index is 5.93. The number of rotatable bonds is 4. The third kappa shape index (κ3) is 3.43. The van der Waals surface area contributed by atoms with Crippen LogP contribution in [0.1, 0.15) is 38.5 Å². The number of methoxy groups -OCH3 is 1. The van der Waals surface area contributed by atoms with Crippen molar-refractivity contribution in [1.82, 2.24) is 4.90 Å². The molecule has 2 rings (SSSR count). The Bertz CT molecular complexity index is 214. The summed E-state index contributed by atoms with van der Waals surface area (Å²) in [5.41, 5.74) is 5.93. The van der Waals surface area contributed by atoms with E-state index in [1.165, 1.54) is 51.6 Å². The molecule has 2 atom stereocenters. The zero-order valence-corrected chi connectivity index (χ0v) is 11.2. The van der Waals surface area contributed by atoms with Gasteiger partial charge in [-0.05, 0) is 57.2 Å². The molecule has 2 fully saturated rings. The number of nitrogens with two attached hydrogens (primary N) is 1. The highest BCUT2D eigenvalue weighted by Gasteiger charge is 2.31. The summed E-state index contributed by atoms with van der Waals surface area (Å²) in [6, 6.07) is 0.775. The largest absolute Gasteiger partial charge is 0.384 e. The summed E-state index contributed by atoms with van der Waals surface area (Å²) in [6.45, 7) is 4.34. The highest BCUT2D eigenvalue weighted by molar-refractivity contribution is 4.86. The lowest BCUT2D eigenvalue weighted by Gasteiger charge is -2.43. The Hall–Kier alpha value is -0.120. The van der Waals surface area contributed by atoms with Crippen molar-refractivity contribution in [3.8, 4) is 0 Å². The third-order valence-corrected chi connectivity index (χ3v) is 4.69. The van der Waals surface area contributed by atoms with Gasteiger partial charge in [-0.15, -0.1) is 0 Å². The number of likely N-dealkylation sites (tertiary alicyclic amines) is 1. The molecule has 0 bridgehead atoms. The molecule has 1 saturated carbocycles. The van der Waals surface area contributed by atoms with Crippen LogP contribution in [0.2, 0.25) is 0 Å². The molecule has 100 valence electrons. The zero-order chi connectivity index (χ0) is 12.1. The van der Waals surface area contributed by atoms with Crippen molar-refractivity contribution in [1.29, 1.82) is 0 Å². The third-order valence-electron chi connectivity index (χ3n) is 4.69. The van der Waals surface area contributed by atoms with Crippen molar-refractivity contribution >= 4 is 0 Å². The van der Waals surface area contributed by atoms with Crippen LogP contribution in [-0.2, 0) is 4.74 Å². The lowest BCUT2D eigenvalue weighted by atomic mass is 9.82. The molecule has 1 aliphatic carbocycles. The van der Waals surface area contributed by atoms with E-state index in [9.17, 15) is 0 Å². The van der Waals surface area contributed by atoms with Gasteiger partial charge < -0.3 is 15.4 Å². The first kappa shape index (κ1) is 13.3. The van der Waals surface area contributed by atoms with E-state index in [1.807, 2.05) is 7.11 Å². The van der Waals surface area contributed by atoms with Gasteiger partial charge in [0, 0.05) is 19.8 Å². The van der Waals surface area contributed by atoms with Gasteiger partial charge in [-0.25, -0.2) is 0 Å². The summed E-state index contributed by atoms with van der Waals surface area (Å²) < 4.78 is 5.27. The van der Waals surface area contributed by atoms with Gasteiger partial charge in [0.2, 0.25) is 0 Å². The fourth-order valence-electron chi connectivity index (χ4n) is 3.63. The summed E-state index contributed by atoms with van der Waals surface area (Å²) in [4.78, 5) is 2.71. The maximum Gasteiger partial charge on any atom is 0.0491 e. The average molecular weight is 240 g/mol. The number of hydrogen-bond donors (Lipinski definition) is 1. The van der Waals surface area contributed by atoms with Crippen LogP contribution < -0.4 is 5.73 Å². The molecule has 2 aliphatic rings. The van der Waals surface area contributed by atoms with Gasteiger partial charge in [0.15, 0.2) is 0 Å². The van der Waals surface area contributed by atoms with E-state index >= 15 is 0 Å². The second-order valence-corrected chi connectivity index (χ2v) is 5.78. The van der Waals surface area contributed by atoms with Crippen LogP contribution in [0.15, 0.2) is 0 Å². The first-order valence-electron chi connectivity index (χ1n) is 7.28. The molecule has 1 heterocycles. The van der Waals surface area contributed by atoms with E-state index in [0.29, 0.717) is 0 Å². The molecule has 1 aliphatic heterocycles. The summed E-state index contributed by atoms with van der Waals surface area (Å²) in [6.07, 6.45) is 8.12.